The lowest BCUT2D eigenvalue weighted by Gasteiger charge is -2.33. The molecule has 7 heteroatoms. The molecule has 0 aliphatic carbocycles. The van der Waals surface area contributed by atoms with Crippen LogP contribution in [0.2, 0.25) is 0 Å². The maximum atomic E-state index is 12.5. The molecule has 2 atom stereocenters. The summed E-state index contributed by atoms with van der Waals surface area (Å²) in [6.07, 6.45) is 5.14. The van der Waals surface area contributed by atoms with Crippen LogP contribution in [0.15, 0.2) is 23.2 Å². The Morgan fingerprint density at radius 1 is 1.41 bits per heavy atom. The van der Waals surface area contributed by atoms with Gasteiger partial charge in [-0.25, -0.2) is 18.7 Å². The van der Waals surface area contributed by atoms with Crippen molar-refractivity contribution in [1.29, 1.82) is 0 Å². The molecular formula is C22H33N3O3S. The minimum Gasteiger partial charge on any atom is -0.444 e. The van der Waals surface area contributed by atoms with Gasteiger partial charge in [0.1, 0.15) is 22.3 Å². The zero-order chi connectivity index (χ0) is 21.7. The number of ether oxygens (including phenoxy) is 1. The lowest BCUT2D eigenvalue weighted by atomic mass is 9.93. The minimum atomic E-state index is -1.23. The van der Waals surface area contributed by atoms with Gasteiger partial charge in [0.25, 0.3) is 0 Å². The molecule has 1 N–H and O–H groups in total. The maximum Gasteiger partial charge on any atom is 0.410 e. The fourth-order valence-electron chi connectivity index (χ4n) is 3.53. The van der Waals surface area contributed by atoms with Gasteiger partial charge in [-0.2, -0.15) is 0 Å². The Kier molecular flexibility index (Phi) is 7.84. The summed E-state index contributed by atoms with van der Waals surface area (Å²) in [5, 5.41) is 0. The third-order valence-electron chi connectivity index (χ3n) is 4.84. The molecule has 1 aliphatic heterocycles. The van der Waals surface area contributed by atoms with Gasteiger partial charge in [-0.05, 0) is 84.9 Å². The zero-order valence-corrected chi connectivity index (χ0v) is 19.2. The number of nitrogens with one attached hydrogen (secondary N) is 1. The van der Waals surface area contributed by atoms with Crippen molar-refractivity contribution in [3.63, 3.8) is 0 Å². The number of carbonyl (C=O) groups excluding carboxylic acids is 1. The van der Waals surface area contributed by atoms with Crippen molar-refractivity contribution in [2.45, 2.75) is 76.3 Å². The van der Waals surface area contributed by atoms with Crippen LogP contribution >= 0.6 is 0 Å². The summed E-state index contributed by atoms with van der Waals surface area (Å²) >= 11 is 0. The lowest BCUT2D eigenvalue weighted by molar-refractivity contribution is 0.0131. The number of carbonyl (C=O) groups is 1. The number of amides is 1. The monoisotopic (exact) mass is 419 g/mol. The van der Waals surface area contributed by atoms with Gasteiger partial charge in [0.15, 0.2) is 0 Å². The van der Waals surface area contributed by atoms with Crippen molar-refractivity contribution in [3.8, 4) is 11.8 Å². The Hall–Kier alpha value is -1.91. The first kappa shape index (κ1) is 23.4. The molecule has 0 aromatic carbocycles. The van der Waals surface area contributed by atoms with Gasteiger partial charge in [-0.1, -0.05) is 5.92 Å². The topological polar surface area (TPSA) is 71.5 Å². The molecule has 2 heterocycles. The molecule has 1 aliphatic rings. The van der Waals surface area contributed by atoms with E-state index < -0.39 is 16.6 Å². The molecule has 1 fully saturated rings. The summed E-state index contributed by atoms with van der Waals surface area (Å²) in [7, 11) is 0.416. The third-order valence-corrected chi connectivity index (χ3v) is 5.88. The first-order valence-corrected chi connectivity index (χ1v) is 11.2. The van der Waals surface area contributed by atoms with Crippen molar-refractivity contribution in [1.82, 2.24) is 14.6 Å². The van der Waals surface area contributed by atoms with Gasteiger partial charge in [-0.15, -0.1) is 0 Å². The molecule has 160 valence electrons. The highest BCUT2D eigenvalue weighted by molar-refractivity contribution is 7.83. The van der Waals surface area contributed by atoms with E-state index in [4.69, 9.17) is 4.74 Å². The minimum absolute atomic E-state index is 0.183. The molecule has 2 rings (SSSR count). The molecule has 1 saturated heterocycles. The Bertz CT molecular complexity index is 788. The highest BCUT2D eigenvalue weighted by Gasteiger charge is 2.42. The summed E-state index contributed by atoms with van der Waals surface area (Å²) in [6.45, 7) is 10.6. The standard InChI is InChI=1S/C22H33N3O3S/c1-21(2,3)28-20(26)25-16-17(14-22(25,4)5)10-8-7-9-11-18-12-13-19(15-24-18)29(27)23-6/h12-13,15,17,23H,7-8,10,14,16H2,1-6H3. The fraction of sp³-hybridized carbons (Fsp3) is 0.636. The Morgan fingerprint density at radius 2 is 2.14 bits per heavy atom. The Labute approximate surface area is 177 Å². The number of hydrogen-bond acceptors (Lipinski definition) is 4. The number of unbranched alkanes of at least 4 members (excludes halogenated alkanes) is 1. The summed E-state index contributed by atoms with van der Waals surface area (Å²) in [5.41, 5.74) is 0.0207. The molecule has 0 spiro atoms. The van der Waals surface area contributed by atoms with E-state index in [2.05, 4.69) is 35.4 Å². The van der Waals surface area contributed by atoms with Crippen molar-refractivity contribution in [3.05, 3.63) is 24.0 Å². The van der Waals surface area contributed by atoms with Gasteiger partial charge in [0, 0.05) is 24.7 Å². The molecule has 2 unspecified atom stereocenters. The molecule has 0 radical (unpaired) electrons. The Balaban J connectivity index is 1.81. The van der Waals surface area contributed by atoms with Crippen LogP contribution in [0, 0.1) is 17.8 Å². The van der Waals surface area contributed by atoms with E-state index in [1.54, 1.807) is 25.4 Å². The van der Waals surface area contributed by atoms with E-state index in [1.165, 1.54) is 0 Å². The summed E-state index contributed by atoms with van der Waals surface area (Å²) in [6, 6.07) is 3.56. The van der Waals surface area contributed by atoms with Gasteiger partial charge < -0.3 is 9.64 Å². The molecule has 1 aromatic rings. The molecular weight excluding hydrogens is 386 g/mol. The van der Waals surface area contributed by atoms with E-state index in [-0.39, 0.29) is 11.6 Å². The van der Waals surface area contributed by atoms with Crippen LogP contribution in [-0.2, 0) is 15.7 Å². The average molecular weight is 420 g/mol. The van der Waals surface area contributed by atoms with Crippen LogP contribution < -0.4 is 4.72 Å². The normalized spacial score (nSPS) is 19.4. The van der Waals surface area contributed by atoms with Crippen molar-refractivity contribution < 1.29 is 13.7 Å². The highest BCUT2D eigenvalue weighted by Crippen LogP contribution is 2.36. The quantitative estimate of drug-likeness (QED) is 0.581. The lowest BCUT2D eigenvalue weighted by Crippen LogP contribution is -2.45. The highest BCUT2D eigenvalue weighted by atomic mass is 32.2. The second-order valence-electron chi connectivity index (χ2n) is 9.02. The first-order chi connectivity index (χ1) is 13.5. The number of hydrogen-bond donors (Lipinski definition) is 1. The van der Waals surface area contributed by atoms with E-state index in [1.807, 2.05) is 25.7 Å². The van der Waals surface area contributed by atoms with Crippen molar-refractivity contribution in [2.24, 2.45) is 5.92 Å². The molecule has 0 saturated carbocycles. The van der Waals surface area contributed by atoms with Crippen LogP contribution in [0.4, 0.5) is 4.79 Å². The largest absolute Gasteiger partial charge is 0.444 e. The molecule has 29 heavy (non-hydrogen) atoms. The SMILES string of the molecule is CNS(=O)c1ccc(C#CCCCC2CN(C(=O)OC(C)(C)C)C(C)(C)C2)nc1. The Morgan fingerprint density at radius 3 is 2.72 bits per heavy atom. The van der Waals surface area contributed by atoms with E-state index >= 15 is 0 Å². The van der Waals surface area contributed by atoms with E-state index in [9.17, 15) is 9.00 Å². The van der Waals surface area contributed by atoms with Crippen LogP contribution in [0.25, 0.3) is 0 Å². The summed E-state index contributed by atoms with van der Waals surface area (Å²) < 4.78 is 19.9. The van der Waals surface area contributed by atoms with Gasteiger partial charge >= 0.3 is 6.09 Å². The predicted octanol–water partition coefficient (Wildman–Crippen LogP) is 3.88. The van der Waals surface area contributed by atoms with Gasteiger partial charge in [0.2, 0.25) is 0 Å². The molecule has 1 amide bonds. The number of likely N-dealkylation sites (tertiary alicyclic amines) is 1. The number of rotatable bonds is 5. The molecule has 1 aromatic heterocycles. The molecule has 0 bridgehead atoms. The van der Waals surface area contributed by atoms with Crippen LogP contribution in [0.5, 0.6) is 0 Å². The predicted molar refractivity (Wildman–Crippen MR) is 116 cm³/mol. The third kappa shape index (κ3) is 7.13. The number of aromatic nitrogens is 1. The number of nitrogens with zero attached hydrogens (tertiary/aromatic N) is 2. The van der Waals surface area contributed by atoms with Crippen molar-refractivity contribution in [2.75, 3.05) is 13.6 Å². The van der Waals surface area contributed by atoms with E-state index in [0.717, 1.165) is 32.2 Å². The smallest absolute Gasteiger partial charge is 0.410 e. The van der Waals surface area contributed by atoms with Crippen LogP contribution in [-0.4, -0.2) is 44.9 Å². The van der Waals surface area contributed by atoms with Gasteiger partial charge in [0.05, 0.1) is 4.90 Å². The van der Waals surface area contributed by atoms with Crippen LogP contribution in [0.3, 0.4) is 0 Å². The van der Waals surface area contributed by atoms with Gasteiger partial charge in [-0.3, -0.25) is 0 Å². The fourth-order valence-corrected chi connectivity index (χ4v) is 4.11. The maximum absolute atomic E-state index is 12.5. The second kappa shape index (κ2) is 9.73. The van der Waals surface area contributed by atoms with Crippen molar-refractivity contribution >= 4 is 17.1 Å². The average Bonchev–Trinajstić information content (AvgIpc) is 2.94. The summed E-state index contributed by atoms with van der Waals surface area (Å²) in [5.74, 6) is 6.69. The first-order valence-electron chi connectivity index (χ1n) is 10.1. The molecule has 6 nitrogen and oxygen atoms in total. The zero-order valence-electron chi connectivity index (χ0n) is 18.4. The van der Waals surface area contributed by atoms with E-state index in [0.29, 0.717) is 16.5 Å². The number of pyridine rings is 1. The summed E-state index contributed by atoms with van der Waals surface area (Å²) in [4.78, 5) is 19.2. The van der Waals surface area contributed by atoms with Crippen LogP contribution in [0.1, 0.15) is 66.0 Å². The second-order valence-corrected chi connectivity index (χ2v) is 10.4.